The third-order valence-electron chi connectivity index (χ3n) is 3.75. The summed E-state index contributed by atoms with van der Waals surface area (Å²) in [4.78, 5) is 0. The lowest BCUT2D eigenvalue weighted by molar-refractivity contribution is 0.329. The van der Waals surface area contributed by atoms with Crippen LogP contribution in [0.3, 0.4) is 0 Å². The number of ether oxygens (including phenoxy) is 1. The molecule has 1 aliphatic heterocycles. The Morgan fingerprint density at radius 3 is 2.85 bits per heavy atom. The molecule has 112 valence electrons. The molecule has 0 amide bonds. The van der Waals surface area contributed by atoms with E-state index < -0.39 is 0 Å². The van der Waals surface area contributed by atoms with Crippen LogP contribution in [-0.4, -0.2) is 24.2 Å². The number of hydrogen-bond donors (Lipinski definition) is 1. The summed E-state index contributed by atoms with van der Waals surface area (Å²) in [6.45, 7) is 6.09. The van der Waals surface area contributed by atoms with Gasteiger partial charge in [0, 0.05) is 16.9 Å². The van der Waals surface area contributed by atoms with E-state index in [9.17, 15) is 0 Å². The van der Waals surface area contributed by atoms with Crippen molar-refractivity contribution < 1.29 is 4.74 Å². The molecule has 20 heavy (non-hydrogen) atoms. The number of thioether (sulfide) groups is 1. The first kappa shape index (κ1) is 15.7. The number of nitrogens with one attached hydrogen (secondary N) is 1. The van der Waals surface area contributed by atoms with E-state index in [4.69, 9.17) is 4.74 Å². The van der Waals surface area contributed by atoms with Crippen LogP contribution in [0.2, 0.25) is 0 Å². The van der Waals surface area contributed by atoms with E-state index in [1.807, 2.05) is 0 Å². The predicted molar refractivity (Wildman–Crippen MR) is 88.7 cm³/mol. The highest BCUT2D eigenvalue weighted by Gasteiger charge is 2.27. The number of para-hydroxylation sites is 1. The van der Waals surface area contributed by atoms with E-state index in [0.29, 0.717) is 11.3 Å². The molecule has 0 aromatic heterocycles. The second kappa shape index (κ2) is 8.58. The van der Waals surface area contributed by atoms with Gasteiger partial charge >= 0.3 is 0 Å². The van der Waals surface area contributed by atoms with E-state index in [2.05, 4.69) is 55.2 Å². The molecule has 0 aliphatic carbocycles. The molecular weight excluding hydrogens is 266 g/mol. The average molecular weight is 293 g/mol. The van der Waals surface area contributed by atoms with Crippen LogP contribution in [0, 0.1) is 0 Å². The number of rotatable bonds is 7. The maximum Gasteiger partial charge on any atom is 0.124 e. The van der Waals surface area contributed by atoms with E-state index in [-0.39, 0.29) is 0 Å². The van der Waals surface area contributed by atoms with Crippen LogP contribution in [0.25, 0.3) is 0 Å². The molecule has 2 nitrogen and oxygen atoms in total. The average Bonchev–Trinajstić information content (AvgIpc) is 2.50. The largest absolute Gasteiger partial charge is 0.494 e. The highest BCUT2D eigenvalue weighted by Crippen LogP contribution is 2.38. The monoisotopic (exact) mass is 293 g/mol. The van der Waals surface area contributed by atoms with Gasteiger partial charge in [-0.15, -0.1) is 0 Å². The minimum atomic E-state index is 0.419. The van der Waals surface area contributed by atoms with Gasteiger partial charge in [-0.2, -0.15) is 11.8 Å². The van der Waals surface area contributed by atoms with Crippen molar-refractivity contribution in [1.29, 1.82) is 0 Å². The van der Waals surface area contributed by atoms with Crippen LogP contribution in [0.15, 0.2) is 24.3 Å². The molecule has 1 saturated heterocycles. The Bertz CT molecular complexity index is 390. The molecule has 1 heterocycles. The molecular formula is C17H27NOS. The van der Waals surface area contributed by atoms with Crippen molar-refractivity contribution in [3.05, 3.63) is 29.8 Å². The van der Waals surface area contributed by atoms with Gasteiger partial charge in [0.2, 0.25) is 0 Å². The molecule has 0 bridgehead atoms. The van der Waals surface area contributed by atoms with Crippen molar-refractivity contribution in [3.8, 4) is 5.75 Å². The van der Waals surface area contributed by atoms with Crippen LogP contribution in [-0.2, 0) is 0 Å². The summed E-state index contributed by atoms with van der Waals surface area (Å²) in [5.41, 5.74) is 1.34. The molecule has 0 spiro atoms. The molecule has 1 aliphatic rings. The molecule has 1 aromatic rings. The molecule has 0 saturated carbocycles. The second-order valence-corrected chi connectivity index (χ2v) is 6.65. The Morgan fingerprint density at radius 2 is 2.15 bits per heavy atom. The summed E-state index contributed by atoms with van der Waals surface area (Å²) in [6.07, 6.45) is 5.21. The van der Waals surface area contributed by atoms with Gasteiger partial charge in [0.1, 0.15) is 5.75 Å². The van der Waals surface area contributed by atoms with Crippen LogP contribution >= 0.6 is 11.8 Å². The topological polar surface area (TPSA) is 21.3 Å². The van der Waals surface area contributed by atoms with Gasteiger partial charge in [0.25, 0.3) is 0 Å². The van der Waals surface area contributed by atoms with Gasteiger partial charge in [0.15, 0.2) is 0 Å². The summed E-state index contributed by atoms with van der Waals surface area (Å²) in [5, 5.41) is 4.43. The Hall–Kier alpha value is -0.670. The molecule has 2 atom stereocenters. The summed E-state index contributed by atoms with van der Waals surface area (Å²) in [7, 11) is 0. The minimum Gasteiger partial charge on any atom is -0.494 e. The van der Waals surface area contributed by atoms with Gasteiger partial charge in [-0.05, 0) is 44.6 Å². The maximum absolute atomic E-state index is 5.84. The van der Waals surface area contributed by atoms with Crippen molar-refractivity contribution >= 4 is 11.8 Å². The fourth-order valence-electron chi connectivity index (χ4n) is 2.79. The van der Waals surface area contributed by atoms with Crippen molar-refractivity contribution in [1.82, 2.24) is 5.32 Å². The molecule has 2 unspecified atom stereocenters. The quantitative estimate of drug-likeness (QED) is 0.804. The van der Waals surface area contributed by atoms with E-state index in [1.54, 1.807) is 0 Å². The minimum absolute atomic E-state index is 0.419. The van der Waals surface area contributed by atoms with Crippen LogP contribution in [0.5, 0.6) is 5.75 Å². The van der Waals surface area contributed by atoms with Gasteiger partial charge in [-0.1, -0.05) is 31.5 Å². The normalized spacial score (nSPS) is 20.6. The zero-order valence-electron chi connectivity index (χ0n) is 12.7. The lowest BCUT2D eigenvalue weighted by Crippen LogP contribution is -2.32. The molecule has 3 heteroatoms. The standard InChI is InChI=1S/C17H27NOS/c1-3-12-18-17(16-11-7-8-13-20-16)14-9-5-6-10-15(14)19-4-2/h5-6,9-10,16-18H,3-4,7-8,11-13H2,1-2H3. The van der Waals surface area contributed by atoms with Crippen LogP contribution in [0.4, 0.5) is 0 Å². The number of benzene rings is 1. The summed E-state index contributed by atoms with van der Waals surface area (Å²) < 4.78 is 5.84. The Labute approximate surface area is 127 Å². The SMILES string of the molecule is CCCNC(c1ccccc1OCC)C1CCCCS1. The zero-order valence-corrected chi connectivity index (χ0v) is 13.5. The van der Waals surface area contributed by atoms with Crippen molar-refractivity contribution in [3.63, 3.8) is 0 Å². The smallest absolute Gasteiger partial charge is 0.124 e. The van der Waals surface area contributed by atoms with Crippen molar-refractivity contribution in [2.24, 2.45) is 0 Å². The first-order chi connectivity index (χ1) is 9.86. The summed E-state index contributed by atoms with van der Waals surface area (Å²) in [6, 6.07) is 8.95. The Morgan fingerprint density at radius 1 is 1.30 bits per heavy atom. The summed E-state index contributed by atoms with van der Waals surface area (Å²) in [5.74, 6) is 2.35. The third-order valence-corrected chi connectivity index (χ3v) is 5.22. The first-order valence-electron chi connectivity index (χ1n) is 7.93. The fourth-order valence-corrected chi connectivity index (χ4v) is 4.24. The molecule has 2 rings (SSSR count). The van der Waals surface area contributed by atoms with Crippen LogP contribution < -0.4 is 10.1 Å². The summed E-state index contributed by atoms with van der Waals surface area (Å²) >= 11 is 2.13. The Kier molecular flexibility index (Phi) is 6.74. The zero-order chi connectivity index (χ0) is 14.2. The van der Waals surface area contributed by atoms with Gasteiger partial charge in [-0.25, -0.2) is 0 Å². The van der Waals surface area contributed by atoms with Crippen LogP contribution in [0.1, 0.15) is 51.1 Å². The Balaban J connectivity index is 2.20. The van der Waals surface area contributed by atoms with Crippen molar-refractivity contribution in [2.45, 2.75) is 50.8 Å². The number of hydrogen-bond acceptors (Lipinski definition) is 3. The highest BCUT2D eigenvalue weighted by molar-refractivity contribution is 8.00. The van der Waals surface area contributed by atoms with E-state index in [1.165, 1.54) is 37.0 Å². The second-order valence-electron chi connectivity index (χ2n) is 5.31. The van der Waals surface area contributed by atoms with Gasteiger partial charge < -0.3 is 10.1 Å². The van der Waals surface area contributed by atoms with Gasteiger partial charge in [0.05, 0.1) is 6.61 Å². The van der Waals surface area contributed by atoms with E-state index >= 15 is 0 Å². The molecule has 1 fully saturated rings. The molecule has 0 radical (unpaired) electrons. The molecule has 1 N–H and O–H groups in total. The third kappa shape index (κ3) is 4.16. The highest BCUT2D eigenvalue weighted by atomic mass is 32.2. The lowest BCUT2D eigenvalue weighted by atomic mass is 9.98. The lowest BCUT2D eigenvalue weighted by Gasteiger charge is -2.32. The predicted octanol–water partition coefficient (Wildman–Crippen LogP) is 4.41. The van der Waals surface area contributed by atoms with Gasteiger partial charge in [-0.3, -0.25) is 0 Å². The van der Waals surface area contributed by atoms with E-state index in [0.717, 1.165) is 18.9 Å². The van der Waals surface area contributed by atoms with Crippen molar-refractivity contribution in [2.75, 3.05) is 18.9 Å². The maximum atomic E-state index is 5.84. The first-order valence-corrected chi connectivity index (χ1v) is 8.98. The molecule has 1 aromatic carbocycles. The fraction of sp³-hybridized carbons (Fsp3) is 0.647.